The molecule has 7 heteroatoms. The largest absolute Gasteiger partial charge is 0.294 e. The second-order valence-electron chi connectivity index (χ2n) is 9.16. The fourth-order valence-electron chi connectivity index (χ4n) is 4.44. The van der Waals surface area contributed by atoms with Crippen molar-refractivity contribution in [1.82, 2.24) is 4.98 Å². The number of hydrogen-bond acceptors (Lipinski definition) is 5. The molecule has 152 valence electrons. The summed E-state index contributed by atoms with van der Waals surface area (Å²) in [5, 5.41) is 0. The summed E-state index contributed by atoms with van der Waals surface area (Å²) in [6.07, 6.45) is 3.58. The van der Waals surface area contributed by atoms with Gasteiger partial charge in [-0.25, -0.2) is 8.42 Å². The number of benzene rings is 1. The summed E-state index contributed by atoms with van der Waals surface area (Å²) >= 11 is 0. The molecule has 1 saturated heterocycles. The van der Waals surface area contributed by atoms with Crippen LogP contribution in [-0.4, -0.2) is 36.6 Å². The first-order chi connectivity index (χ1) is 13.4. The Morgan fingerprint density at radius 2 is 1.83 bits per heavy atom. The topological polar surface area (TPSA) is 84.4 Å². The first-order valence-electron chi connectivity index (χ1n) is 9.56. The van der Waals surface area contributed by atoms with Gasteiger partial charge in [-0.2, -0.15) is 0 Å². The van der Waals surface area contributed by atoms with Crippen LogP contribution in [0.1, 0.15) is 48.7 Å². The Morgan fingerprint density at radius 3 is 2.45 bits per heavy atom. The van der Waals surface area contributed by atoms with Gasteiger partial charge in [-0.1, -0.05) is 6.92 Å². The summed E-state index contributed by atoms with van der Waals surface area (Å²) in [4.78, 5) is 31.9. The average molecular weight is 413 g/mol. The number of nitrogens with zero attached hydrogens (tertiary/aromatic N) is 2. The third-order valence-electron chi connectivity index (χ3n) is 5.81. The van der Waals surface area contributed by atoms with Crippen LogP contribution in [0.25, 0.3) is 0 Å². The van der Waals surface area contributed by atoms with Crippen LogP contribution in [-0.2, 0) is 20.0 Å². The number of sulfone groups is 1. The van der Waals surface area contributed by atoms with E-state index in [4.69, 9.17) is 0 Å². The molecule has 0 unspecified atom stereocenters. The van der Waals surface area contributed by atoms with Crippen LogP contribution < -0.4 is 4.90 Å². The predicted molar refractivity (Wildman–Crippen MR) is 111 cm³/mol. The van der Waals surface area contributed by atoms with E-state index in [-0.39, 0.29) is 29.6 Å². The van der Waals surface area contributed by atoms with Gasteiger partial charge in [0, 0.05) is 23.6 Å². The maximum Gasteiger partial charge on any atom is 0.241 e. The molecular weight excluding hydrogens is 388 g/mol. The number of hydrogen-bond donors (Lipinski definition) is 0. The predicted octanol–water partition coefficient (Wildman–Crippen LogP) is 3.35. The van der Waals surface area contributed by atoms with Gasteiger partial charge in [0.1, 0.15) is 0 Å². The Hall–Kier alpha value is -2.54. The van der Waals surface area contributed by atoms with Crippen LogP contribution in [0.2, 0.25) is 0 Å². The molecule has 2 aliphatic heterocycles. The van der Waals surface area contributed by atoms with Gasteiger partial charge in [0.2, 0.25) is 5.91 Å². The molecule has 0 N–H and O–H groups in total. The van der Waals surface area contributed by atoms with Gasteiger partial charge >= 0.3 is 0 Å². The summed E-state index contributed by atoms with van der Waals surface area (Å²) in [6, 6.07) is 7.22. The van der Waals surface area contributed by atoms with E-state index in [1.165, 1.54) is 0 Å². The van der Waals surface area contributed by atoms with Gasteiger partial charge in [0.15, 0.2) is 15.6 Å². The minimum Gasteiger partial charge on any atom is -0.294 e. The number of carbonyl (C=O) groups excluding carboxylic acids is 2. The normalized spacial score (nSPS) is 20.8. The summed E-state index contributed by atoms with van der Waals surface area (Å²) in [5.74, 6) is -0.0606. The molecule has 3 heterocycles. The lowest BCUT2D eigenvalue weighted by Gasteiger charge is -2.37. The zero-order valence-electron chi connectivity index (χ0n) is 17.0. The number of aromatic nitrogens is 1. The van der Waals surface area contributed by atoms with Crippen molar-refractivity contribution in [2.24, 2.45) is 5.41 Å². The summed E-state index contributed by atoms with van der Waals surface area (Å²) in [7, 11) is -3.00. The Morgan fingerprint density at radius 1 is 1.14 bits per heavy atom. The number of pyridine rings is 1. The maximum absolute atomic E-state index is 13.2. The number of anilines is 2. The average Bonchev–Trinajstić information content (AvgIpc) is 2.79. The minimum absolute atomic E-state index is 0.0504. The van der Waals surface area contributed by atoms with Crippen LogP contribution >= 0.6 is 0 Å². The molecule has 1 amide bonds. The SMILES string of the molecule is Cc1cncc(N2C(=O)C(C)(C)c3cc(C(=O)CC4(C)CS(=O)(=O)C4)ccc32)c1. The molecule has 0 saturated carbocycles. The number of fused-ring (bicyclic) bond motifs is 1. The van der Waals surface area contributed by atoms with Crippen molar-refractivity contribution >= 4 is 32.9 Å². The first-order valence-corrected chi connectivity index (χ1v) is 11.4. The van der Waals surface area contributed by atoms with E-state index < -0.39 is 20.7 Å². The quantitative estimate of drug-likeness (QED) is 0.719. The van der Waals surface area contributed by atoms with E-state index in [1.807, 2.05) is 33.8 Å². The summed E-state index contributed by atoms with van der Waals surface area (Å²) < 4.78 is 23.1. The minimum atomic E-state index is -3.00. The van der Waals surface area contributed by atoms with Gasteiger partial charge in [-0.3, -0.25) is 19.5 Å². The number of Topliss-reactive ketones (excluding diaryl/α,β-unsaturated/α-hetero) is 1. The van der Waals surface area contributed by atoms with Crippen LogP contribution in [0.3, 0.4) is 0 Å². The van der Waals surface area contributed by atoms with E-state index in [2.05, 4.69) is 4.98 Å². The van der Waals surface area contributed by atoms with E-state index in [1.54, 1.807) is 35.5 Å². The van der Waals surface area contributed by atoms with E-state index >= 15 is 0 Å². The number of amides is 1. The lowest BCUT2D eigenvalue weighted by atomic mass is 9.83. The molecular formula is C22H24N2O4S. The highest BCUT2D eigenvalue weighted by Crippen LogP contribution is 2.46. The number of carbonyl (C=O) groups is 2. The van der Waals surface area contributed by atoms with Gasteiger partial charge < -0.3 is 0 Å². The van der Waals surface area contributed by atoms with Crippen LogP contribution in [0.15, 0.2) is 36.7 Å². The lowest BCUT2D eigenvalue weighted by molar-refractivity contribution is -0.121. The summed E-state index contributed by atoms with van der Waals surface area (Å²) in [5.41, 5.74) is 2.44. The van der Waals surface area contributed by atoms with Crippen molar-refractivity contribution in [1.29, 1.82) is 0 Å². The van der Waals surface area contributed by atoms with E-state index in [0.717, 1.165) is 16.8 Å². The third-order valence-corrected chi connectivity index (χ3v) is 8.09. The molecule has 0 bridgehead atoms. The van der Waals surface area contributed by atoms with Gasteiger partial charge in [-0.05, 0) is 56.2 Å². The van der Waals surface area contributed by atoms with E-state index in [0.29, 0.717) is 11.3 Å². The van der Waals surface area contributed by atoms with Crippen LogP contribution in [0.5, 0.6) is 0 Å². The van der Waals surface area contributed by atoms with Gasteiger partial charge in [-0.15, -0.1) is 0 Å². The Kier molecular flexibility index (Phi) is 4.24. The molecule has 4 rings (SSSR count). The third kappa shape index (κ3) is 3.27. The number of ketones is 1. The molecule has 6 nitrogen and oxygen atoms in total. The molecule has 0 atom stereocenters. The molecule has 0 radical (unpaired) electrons. The van der Waals surface area contributed by atoms with Crippen molar-refractivity contribution in [2.45, 2.75) is 39.5 Å². The second kappa shape index (κ2) is 6.23. The van der Waals surface area contributed by atoms with Crippen molar-refractivity contribution in [3.05, 3.63) is 53.3 Å². The monoisotopic (exact) mass is 412 g/mol. The fraction of sp³-hybridized carbons (Fsp3) is 0.409. The molecule has 1 aromatic carbocycles. The Bertz CT molecular complexity index is 1140. The number of rotatable bonds is 4. The smallest absolute Gasteiger partial charge is 0.241 e. The molecule has 2 aromatic rings. The molecule has 1 fully saturated rings. The van der Waals surface area contributed by atoms with Gasteiger partial charge in [0.05, 0.1) is 34.5 Å². The highest BCUT2D eigenvalue weighted by Gasteiger charge is 2.47. The molecule has 0 aliphatic carbocycles. The van der Waals surface area contributed by atoms with Crippen molar-refractivity contribution in [2.75, 3.05) is 16.4 Å². The molecule has 29 heavy (non-hydrogen) atoms. The van der Waals surface area contributed by atoms with Crippen molar-refractivity contribution in [3.63, 3.8) is 0 Å². The van der Waals surface area contributed by atoms with Crippen LogP contribution in [0.4, 0.5) is 11.4 Å². The molecule has 2 aliphatic rings. The van der Waals surface area contributed by atoms with Crippen molar-refractivity contribution < 1.29 is 18.0 Å². The molecule has 0 spiro atoms. The number of aryl methyl sites for hydroxylation is 1. The second-order valence-corrected chi connectivity index (χ2v) is 11.2. The van der Waals surface area contributed by atoms with Crippen molar-refractivity contribution in [3.8, 4) is 0 Å². The highest BCUT2D eigenvalue weighted by molar-refractivity contribution is 7.92. The standard InChI is InChI=1S/C22H24N2O4S/c1-14-7-16(11-23-10-14)24-18-6-5-15(8-17(18)21(2,3)20(24)26)19(25)9-22(4)12-29(27,28)13-22/h5-8,10-11H,9,12-13H2,1-4H3. The Balaban J connectivity index is 1.69. The lowest BCUT2D eigenvalue weighted by Crippen LogP contribution is -2.47. The highest BCUT2D eigenvalue weighted by atomic mass is 32.2. The zero-order valence-corrected chi connectivity index (χ0v) is 17.8. The van der Waals surface area contributed by atoms with Crippen LogP contribution in [0, 0.1) is 12.3 Å². The summed E-state index contributed by atoms with van der Waals surface area (Å²) in [6.45, 7) is 7.46. The zero-order chi connectivity index (χ0) is 21.2. The first kappa shape index (κ1) is 19.8. The Labute approximate surface area is 170 Å². The maximum atomic E-state index is 13.2. The van der Waals surface area contributed by atoms with E-state index in [9.17, 15) is 18.0 Å². The fourth-order valence-corrected chi connectivity index (χ4v) is 6.68. The molecule has 1 aromatic heterocycles. The van der Waals surface area contributed by atoms with Gasteiger partial charge in [0.25, 0.3) is 0 Å².